The quantitative estimate of drug-likeness (QED) is 0.733. The highest BCUT2D eigenvalue weighted by Gasteiger charge is 2.24. The molecule has 3 aromatic rings. The number of carbonyl (C=O) groups is 1. The summed E-state index contributed by atoms with van der Waals surface area (Å²) in [6.45, 7) is 0. The molecular formula is C20H22N6O2. The van der Waals surface area contributed by atoms with Crippen LogP contribution in [-0.2, 0) is 0 Å². The Hall–Kier alpha value is -3.29. The van der Waals surface area contributed by atoms with Crippen LogP contribution < -0.4 is 10.1 Å². The maximum atomic E-state index is 12.5. The van der Waals surface area contributed by atoms with Gasteiger partial charge in [-0.25, -0.2) is 9.97 Å². The molecule has 1 saturated carbocycles. The summed E-state index contributed by atoms with van der Waals surface area (Å²) in [5.41, 5.74) is 2.38. The molecule has 1 amide bonds. The van der Waals surface area contributed by atoms with Crippen LogP contribution in [0.25, 0.3) is 11.3 Å². The van der Waals surface area contributed by atoms with Crippen molar-refractivity contribution < 1.29 is 9.53 Å². The number of nitrogens with zero attached hydrogens (tertiary/aromatic N) is 5. The van der Waals surface area contributed by atoms with Gasteiger partial charge in [-0.2, -0.15) is 5.10 Å². The molecule has 0 radical (unpaired) electrons. The summed E-state index contributed by atoms with van der Waals surface area (Å²) < 4.78 is 7.15. The van der Waals surface area contributed by atoms with E-state index in [-0.39, 0.29) is 11.9 Å². The van der Waals surface area contributed by atoms with Crippen molar-refractivity contribution in [2.45, 2.75) is 37.8 Å². The fourth-order valence-corrected chi connectivity index (χ4v) is 3.54. The fourth-order valence-electron chi connectivity index (χ4n) is 3.54. The normalized spacial score (nSPS) is 19.2. The summed E-state index contributed by atoms with van der Waals surface area (Å²) in [6.07, 6.45) is 14.0. The Morgan fingerprint density at radius 1 is 1.18 bits per heavy atom. The van der Waals surface area contributed by atoms with Crippen LogP contribution >= 0.6 is 0 Å². The van der Waals surface area contributed by atoms with Gasteiger partial charge in [0.15, 0.2) is 0 Å². The average molecular weight is 378 g/mol. The number of ether oxygens (including phenoxy) is 1. The van der Waals surface area contributed by atoms with Gasteiger partial charge in [-0.1, -0.05) is 0 Å². The number of methoxy groups -OCH3 is 1. The van der Waals surface area contributed by atoms with Gasteiger partial charge < -0.3 is 10.1 Å². The van der Waals surface area contributed by atoms with Crippen molar-refractivity contribution in [3.8, 4) is 17.0 Å². The van der Waals surface area contributed by atoms with Gasteiger partial charge in [-0.05, 0) is 37.8 Å². The van der Waals surface area contributed by atoms with E-state index >= 15 is 0 Å². The Bertz CT molecular complexity index is 935. The van der Waals surface area contributed by atoms with E-state index in [0.29, 0.717) is 17.4 Å². The number of hydrogen-bond acceptors (Lipinski definition) is 6. The van der Waals surface area contributed by atoms with Crippen LogP contribution in [0.4, 0.5) is 0 Å². The molecule has 0 aromatic carbocycles. The minimum Gasteiger partial charge on any atom is -0.495 e. The third-order valence-corrected chi connectivity index (χ3v) is 5.10. The first-order valence-electron chi connectivity index (χ1n) is 9.33. The number of hydrogen-bond donors (Lipinski definition) is 1. The molecule has 144 valence electrons. The number of rotatable bonds is 5. The highest BCUT2D eigenvalue weighted by molar-refractivity contribution is 5.94. The lowest BCUT2D eigenvalue weighted by Gasteiger charge is -2.29. The molecule has 3 heterocycles. The second-order valence-corrected chi connectivity index (χ2v) is 6.90. The Balaban J connectivity index is 1.33. The smallest absolute Gasteiger partial charge is 0.253 e. The van der Waals surface area contributed by atoms with Crippen molar-refractivity contribution in [3.63, 3.8) is 0 Å². The first-order chi connectivity index (χ1) is 13.7. The zero-order valence-corrected chi connectivity index (χ0v) is 15.7. The van der Waals surface area contributed by atoms with E-state index in [1.807, 2.05) is 23.1 Å². The zero-order chi connectivity index (χ0) is 19.3. The Morgan fingerprint density at radius 2 is 2.04 bits per heavy atom. The number of carbonyl (C=O) groups excluding carboxylic acids is 1. The third-order valence-electron chi connectivity index (χ3n) is 5.10. The number of aromatic nitrogens is 5. The summed E-state index contributed by atoms with van der Waals surface area (Å²) >= 11 is 0. The molecular weight excluding hydrogens is 356 g/mol. The largest absolute Gasteiger partial charge is 0.495 e. The molecule has 8 heteroatoms. The number of nitrogens with one attached hydrogen (secondary N) is 1. The molecule has 8 nitrogen and oxygen atoms in total. The molecule has 0 atom stereocenters. The van der Waals surface area contributed by atoms with Crippen molar-refractivity contribution in [1.82, 2.24) is 30.0 Å². The predicted octanol–water partition coefficient (Wildman–Crippen LogP) is 2.66. The van der Waals surface area contributed by atoms with Gasteiger partial charge in [-0.3, -0.25) is 14.5 Å². The highest BCUT2D eigenvalue weighted by Crippen LogP contribution is 2.29. The lowest BCUT2D eigenvalue weighted by atomic mass is 9.91. The second kappa shape index (κ2) is 8.16. The van der Waals surface area contributed by atoms with Crippen molar-refractivity contribution in [2.24, 2.45) is 0 Å². The van der Waals surface area contributed by atoms with Crippen molar-refractivity contribution >= 4 is 5.91 Å². The Morgan fingerprint density at radius 3 is 2.79 bits per heavy atom. The minimum absolute atomic E-state index is 0.111. The van der Waals surface area contributed by atoms with Crippen LogP contribution in [0.2, 0.25) is 0 Å². The molecule has 0 spiro atoms. The molecule has 0 aliphatic heterocycles. The van der Waals surface area contributed by atoms with Gasteiger partial charge >= 0.3 is 0 Å². The lowest BCUT2D eigenvalue weighted by Crippen LogP contribution is -2.38. The molecule has 1 aliphatic rings. The van der Waals surface area contributed by atoms with E-state index in [9.17, 15) is 4.79 Å². The van der Waals surface area contributed by atoms with Gasteiger partial charge in [0.25, 0.3) is 5.91 Å². The molecule has 3 aromatic heterocycles. The number of amides is 1. The standard InChI is InChI=1S/C20H22N6O2/c1-28-18-8-14(9-22-11-18)20(27)25-16-2-4-17(5-3-16)26-12-15(10-24-26)19-6-7-21-13-23-19/h6-13,16-17H,2-5H2,1H3,(H,25,27). The van der Waals surface area contributed by atoms with E-state index < -0.39 is 0 Å². The fraction of sp³-hybridized carbons (Fsp3) is 0.350. The summed E-state index contributed by atoms with van der Waals surface area (Å²) in [6, 6.07) is 4.07. The maximum Gasteiger partial charge on any atom is 0.253 e. The zero-order valence-electron chi connectivity index (χ0n) is 15.7. The Labute approximate surface area is 163 Å². The van der Waals surface area contributed by atoms with E-state index in [0.717, 1.165) is 36.9 Å². The molecule has 1 N–H and O–H groups in total. The summed E-state index contributed by atoms with van der Waals surface area (Å²) in [4.78, 5) is 24.7. The molecule has 28 heavy (non-hydrogen) atoms. The van der Waals surface area contributed by atoms with Crippen LogP contribution in [0.15, 0.2) is 49.4 Å². The molecule has 1 fully saturated rings. The molecule has 0 unspecified atom stereocenters. The van der Waals surface area contributed by atoms with Crippen molar-refractivity contribution in [3.05, 3.63) is 55.0 Å². The lowest BCUT2D eigenvalue weighted by molar-refractivity contribution is 0.0921. The van der Waals surface area contributed by atoms with E-state index in [4.69, 9.17) is 4.74 Å². The number of pyridine rings is 1. The van der Waals surface area contributed by atoms with Crippen molar-refractivity contribution in [2.75, 3.05) is 7.11 Å². The van der Waals surface area contributed by atoms with E-state index in [1.54, 1.807) is 38.1 Å². The maximum absolute atomic E-state index is 12.5. The summed E-state index contributed by atoms with van der Waals surface area (Å²) in [5, 5.41) is 7.62. The van der Waals surface area contributed by atoms with Gasteiger partial charge in [0, 0.05) is 30.2 Å². The molecule has 4 rings (SSSR count). The van der Waals surface area contributed by atoms with E-state index in [2.05, 4.69) is 25.4 Å². The first-order valence-corrected chi connectivity index (χ1v) is 9.33. The molecule has 0 saturated heterocycles. The predicted molar refractivity (Wildman–Crippen MR) is 103 cm³/mol. The van der Waals surface area contributed by atoms with Crippen LogP contribution in [0.3, 0.4) is 0 Å². The van der Waals surface area contributed by atoms with Crippen LogP contribution in [-0.4, -0.2) is 43.8 Å². The topological polar surface area (TPSA) is 94.8 Å². The van der Waals surface area contributed by atoms with Crippen molar-refractivity contribution in [1.29, 1.82) is 0 Å². The molecule has 0 bridgehead atoms. The monoisotopic (exact) mass is 378 g/mol. The van der Waals surface area contributed by atoms with Crippen LogP contribution in [0, 0.1) is 0 Å². The third kappa shape index (κ3) is 4.00. The van der Waals surface area contributed by atoms with Crippen LogP contribution in [0.5, 0.6) is 5.75 Å². The average Bonchev–Trinajstić information content (AvgIpc) is 3.25. The second-order valence-electron chi connectivity index (χ2n) is 6.90. The summed E-state index contributed by atoms with van der Waals surface area (Å²) in [5.74, 6) is 0.467. The van der Waals surface area contributed by atoms with Crippen LogP contribution in [0.1, 0.15) is 42.1 Å². The molecule has 1 aliphatic carbocycles. The first kappa shape index (κ1) is 18.1. The van der Waals surface area contributed by atoms with Gasteiger partial charge in [-0.15, -0.1) is 0 Å². The Kier molecular flexibility index (Phi) is 5.27. The summed E-state index contributed by atoms with van der Waals surface area (Å²) in [7, 11) is 1.56. The van der Waals surface area contributed by atoms with E-state index in [1.165, 1.54) is 0 Å². The van der Waals surface area contributed by atoms with Gasteiger partial charge in [0.2, 0.25) is 0 Å². The van der Waals surface area contributed by atoms with Gasteiger partial charge in [0.05, 0.1) is 36.8 Å². The van der Waals surface area contributed by atoms with Gasteiger partial charge in [0.1, 0.15) is 12.1 Å². The minimum atomic E-state index is -0.111. The SMILES string of the molecule is COc1cncc(C(=O)NC2CCC(n3cc(-c4ccncn4)cn3)CC2)c1. The highest BCUT2D eigenvalue weighted by atomic mass is 16.5.